The number of carboxylic acid groups (broad SMARTS) is 1. The van der Waals surface area contributed by atoms with E-state index in [0.29, 0.717) is 27.9 Å². The van der Waals surface area contributed by atoms with Gasteiger partial charge in [0.05, 0.1) is 6.04 Å². The summed E-state index contributed by atoms with van der Waals surface area (Å²) in [6.45, 7) is 2.14. The Morgan fingerprint density at radius 1 is 1.26 bits per heavy atom. The van der Waals surface area contributed by atoms with E-state index in [9.17, 15) is 24.6 Å². The summed E-state index contributed by atoms with van der Waals surface area (Å²) in [6.07, 6.45) is 0.533. The van der Waals surface area contributed by atoms with Crippen LogP contribution < -0.4 is 5.32 Å². The number of urea groups is 1. The molecule has 160 valence electrons. The molecular formula is C19H17N5O5S2. The first-order valence-corrected chi connectivity index (χ1v) is 11.1. The molecule has 12 heteroatoms. The molecule has 5 rings (SSSR count). The van der Waals surface area contributed by atoms with Gasteiger partial charge < -0.3 is 20.4 Å². The molecule has 31 heavy (non-hydrogen) atoms. The minimum Gasteiger partial charge on any atom is -0.508 e. The number of aliphatic carboxylic acids is 1. The number of carbonyl (C=O) groups excluding carboxylic acids is 2. The van der Waals surface area contributed by atoms with E-state index in [0.717, 1.165) is 5.01 Å². The van der Waals surface area contributed by atoms with Gasteiger partial charge in [0.2, 0.25) is 0 Å². The van der Waals surface area contributed by atoms with Crippen LogP contribution in [-0.4, -0.2) is 66.7 Å². The fourth-order valence-electron chi connectivity index (χ4n) is 4.35. The number of likely N-dealkylation sites (tertiary alicyclic amines) is 1. The van der Waals surface area contributed by atoms with Crippen LogP contribution >= 0.6 is 23.1 Å². The average molecular weight is 460 g/mol. The van der Waals surface area contributed by atoms with E-state index in [1.54, 1.807) is 12.1 Å². The summed E-state index contributed by atoms with van der Waals surface area (Å²) in [6, 6.07) is 4.50. The molecule has 10 nitrogen and oxygen atoms in total. The zero-order valence-electron chi connectivity index (χ0n) is 16.2. The summed E-state index contributed by atoms with van der Waals surface area (Å²) >= 11 is 2.62. The van der Waals surface area contributed by atoms with Crippen molar-refractivity contribution >= 4 is 46.7 Å². The number of hydrogen-bond acceptors (Lipinski definition) is 8. The first-order valence-electron chi connectivity index (χ1n) is 9.50. The molecule has 1 unspecified atom stereocenters. The van der Waals surface area contributed by atoms with Gasteiger partial charge in [-0.25, -0.2) is 9.59 Å². The van der Waals surface area contributed by atoms with Gasteiger partial charge in [0.1, 0.15) is 22.5 Å². The molecule has 0 radical (unpaired) electrons. The lowest BCUT2D eigenvalue weighted by Crippen LogP contribution is -2.74. The topological polar surface area (TPSA) is 136 Å². The third-order valence-electron chi connectivity index (χ3n) is 5.64. The summed E-state index contributed by atoms with van der Waals surface area (Å²) < 4.78 is 0.630. The SMILES string of the molecule is Cc1nnc(SC2=C(C(=O)O)N3C(=O)[C@@H]4[C@H]3C2CCN4C(=O)Nc2ccc(O)cc2)s1. The van der Waals surface area contributed by atoms with Gasteiger partial charge in [-0.15, -0.1) is 10.2 Å². The van der Waals surface area contributed by atoms with E-state index in [1.165, 1.54) is 45.0 Å². The summed E-state index contributed by atoms with van der Waals surface area (Å²) in [7, 11) is 0. The Bertz CT molecular complexity index is 1130. The lowest BCUT2D eigenvalue weighted by Gasteiger charge is -2.53. The smallest absolute Gasteiger partial charge is 0.353 e. The van der Waals surface area contributed by atoms with Crippen LogP contribution in [0.2, 0.25) is 0 Å². The number of carboxylic acids is 1. The molecule has 4 heterocycles. The van der Waals surface area contributed by atoms with Crippen molar-refractivity contribution in [3.63, 3.8) is 0 Å². The zero-order chi connectivity index (χ0) is 21.9. The van der Waals surface area contributed by atoms with E-state index in [2.05, 4.69) is 15.5 Å². The standard InChI is InChI=1S/C19H17N5O5S2/c1-8-21-22-19(30-8)31-15-11-6-7-23(18(29)20-9-2-4-10(25)5-3-9)13-12(11)24(16(13)26)14(15)17(27)28/h2-5,11-13,25H,6-7H2,1H3,(H,20,29)(H,27,28)/t11?,12-,13+/m1/s1. The van der Waals surface area contributed by atoms with Crippen molar-refractivity contribution in [3.05, 3.63) is 39.9 Å². The van der Waals surface area contributed by atoms with Gasteiger partial charge in [0.15, 0.2) is 4.34 Å². The van der Waals surface area contributed by atoms with Gasteiger partial charge in [0, 0.05) is 23.1 Å². The summed E-state index contributed by atoms with van der Waals surface area (Å²) in [5.74, 6) is -1.64. The van der Waals surface area contributed by atoms with Crippen molar-refractivity contribution in [2.75, 3.05) is 11.9 Å². The number of aryl methyl sites for hydroxylation is 1. The minimum atomic E-state index is -1.16. The maximum absolute atomic E-state index is 12.9. The number of nitrogens with one attached hydrogen (secondary N) is 1. The molecule has 1 aromatic heterocycles. The lowest BCUT2D eigenvalue weighted by atomic mass is 9.81. The van der Waals surface area contributed by atoms with Crippen LogP contribution in [0.25, 0.3) is 0 Å². The summed E-state index contributed by atoms with van der Waals surface area (Å²) in [5, 5.41) is 30.8. The first-order chi connectivity index (χ1) is 14.8. The van der Waals surface area contributed by atoms with Crippen molar-refractivity contribution in [1.29, 1.82) is 0 Å². The highest BCUT2D eigenvalue weighted by Gasteiger charge is 2.64. The molecule has 3 amide bonds. The second-order valence-electron chi connectivity index (χ2n) is 7.42. The molecular weight excluding hydrogens is 442 g/mol. The van der Waals surface area contributed by atoms with Crippen LogP contribution in [-0.2, 0) is 9.59 Å². The number of nitrogens with zero attached hydrogens (tertiary/aromatic N) is 4. The van der Waals surface area contributed by atoms with Crippen LogP contribution in [0.4, 0.5) is 10.5 Å². The van der Waals surface area contributed by atoms with Gasteiger partial charge in [-0.05, 0) is 37.6 Å². The second kappa shape index (κ2) is 7.24. The van der Waals surface area contributed by atoms with Gasteiger partial charge >= 0.3 is 12.0 Å². The number of phenolic OH excluding ortho intramolecular Hbond substituents is 1. The summed E-state index contributed by atoms with van der Waals surface area (Å²) in [5.41, 5.74) is 0.474. The zero-order valence-corrected chi connectivity index (χ0v) is 17.8. The molecule has 2 fully saturated rings. The van der Waals surface area contributed by atoms with Crippen LogP contribution in [0.3, 0.4) is 0 Å². The van der Waals surface area contributed by atoms with Crippen molar-refractivity contribution in [3.8, 4) is 5.75 Å². The Balaban J connectivity index is 1.39. The normalized spacial score (nSPS) is 24.2. The highest BCUT2D eigenvalue weighted by Crippen LogP contribution is 2.53. The number of piperidine rings is 1. The number of aromatic nitrogens is 2. The van der Waals surface area contributed by atoms with Crippen LogP contribution in [0.1, 0.15) is 11.4 Å². The van der Waals surface area contributed by atoms with Gasteiger partial charge in [-0.2, -0.15) is 0 Å². The predicted molar refractivity (Wildman–Crippen MR) is 112 cm³/mol. The Morgan fingerprint density at radius 2 is 2.00 bits per heavy atom. The minimum absolute atomic E-state index is 0.0186. The third kappa shape index (κ3) is 3.13. The number of rotatable bonds is 4. The maximum atomic E-state index is 12.9. The molecule has 3 aliphatic heterocycles. The monoisotopic (exact) mass is 459 g/mol. The number of aromatic hydroxyl groups is 1. The highest BCUT2D eigenvalue weighted by molar-refractivity contribution is 8.04. The van der Waals surface area contributed by atoms with Gasteiger partial charge in [0.25, 0.3) is 5.91 Å². The van der Waals surface area contributed by atoms with E-state index in [4.69, 9.17) is 0 Å². The number of β-lactam (4-membered cyclic amide) rings is 1. The number of thioether (sulfide) groups is 1. The molecule has 2 aromatic rings. The summed E-state index contributed by atoms with van der Waals surface area (Å²) in [4.78, 5) is 41.1. The molecule has 0 bridgehead atoms. The number of carbonyl (C=O) groups is 3. The van der Waals surface area contributed by atoms with E-state index >= 15 is 0 Å². The number of benzene rings is 1. The number of amides is 3. The molecule has 2 saturated heterocycles. The first kappa shape index (κ1) is 19.8. The number of phenols is 1. The third-order valence-corrected chi connectivity index (χ3v) is 7.74. The Labute approximate surface area is 184 Å². The fraction of sp³-hybridized carbons (Fsp3) is 0.316. The quantitative estimate of drug-likeness (QED) is 0.467. The van der Waals surface area contributed by atoms with E-state index in [1.807, 2.05) is 6.92 Å². The van der Waals surface area contributed by atoms with Crippen molar-refractivity contribution in [2.24, 2.45) is 5.92 Å². The van der Waals surface area contributed by atoms with Crippen molar-refractivity contribution < 1.29 is 24.6 Å². The van der Waals surface area contributed by atoms with Crippen molar-refractivity contribution in [1.82, 2.24) is 20.0 Å². The number of hydrogen-bond donors (Lipinski definition) is 3. The fourth-order valence-corrected chi connectivity index (χ4v) is 6.53. The van der Waals surface area contributed by atoms with Gasteiger partial charge in [-0.1, -0.05) is 23.1 Å². The van der Waals surface area contributed by atoms with Crippen LogP contribution in [0.15, 0.2) is 39.2 Å². The molecule has 1 aromatic carbocycles. The molecule has 3 N–H and O–H groups in total. The largest absolute Gasteiger partial charge is 0.508 e. The second-order valence-corrected chi connectivity index (χ2v) is 9.89. The van der Waals surface area contributed by atoms with Crippen molar-refractivity contribution in [2.45, 2.75) is 29.8 Å². The van der Waals surface area contributed by atoms with Crippen LogP contribution in [0.5, 0.6) is 5.75 Å². The average Bonchev–Trinajstić information content (AvgIpc) is 3.29. The number of anilines is 1. The lowest BCUT2D eigenvalue weighted by molar-refractivity contribution is -0.160. The Kier molecular flexibility index (Phi) is 4.63. The van der Waals surface area contributed by atoms with Gasteiger partial charge in [-0.3, -0.25) is 9.69 Å². The molecule has 0 saturated carbocycles. The van der Waals surface area contributed by atoms with E-state index < -0.39 is 30.0 Å². The maximum Gasteiger partial charge on any atom is 0.353 e. The molecule has 3 atom stereocenters. The molecule has 3 aliphatic rings. The molecule has 0 spiro atoms. The van der Waals surface area contributed by atoms with E-state index in [-0.39, 0.29) is 17.4 Å². The molecule has 0 aliphatic carbocycles. The Hall–Kier alpha value is -3.12. The predicted octanol–water partition coefficient (Wildman–Crippen LogP) is 2.09. The van der Waals surface area contributed by atoms with Crippen LogP contribution in [0, 0.1) is 12.8 Å². The Morgan fingerprint density at radius 3 is 2.65 bits per heavy atom. The highest BCUT2D eigenvalue weighted by atomic mass is 32.2.